The predicted molar refractivity (Wildman–Crippen MR) is 73.5 cm³/mol. The highest BCUT2D eigenvalue weighted by Gasteiger charge is 2.19. The van der Waals surface area contributed by atoms with E-state index in [1.165, 1.54) is 24.3 Å². The van der Waals surface area contributed by atoms with Crippen LogP contribution in [-0.2, 0) is 0 Å². The molecule has 0 saturated heterocycles. The van der Waals surface area contributed by atoms with Crippen LogP contribution in [0.1, 0.15) is 0 Å². The summed E-state index contributed by atoms with van der Waals surface area (Å²) in [7, 11) is 0. The molecule has 2 aromatic carbocycles. The predicted octanol–water partition coefficient (Wildman–Crippen LogP) is 6.05. The monoisotopic (exact) mass is 340 g/mol. The average Bonchev–Trinajstić information content (AvgIpc) is 2.37. The number of hydrogen-bond donors (Lipinski definition) is 0. The Labute approximate surface area is 127 Å². The smallest absolute Gasteiger partial charge is 0.387 e. The first-order valence-corrected chi connectivity index (χ1v) is 6.42. The van der Waals surface area contributed by atoms with Crippen molar-refractivity contribution >= 4 is 34.8 Å². The van der Waals surface area contributed by atoms with Gasteiger partial charge in [-0.15, -0.1) is 0 Å². The molecule has 0 heterocycles. The van der Waals surface area contributed by atoms with Crippen LogP contribution >= 0.6 is 34.8 Å². The molecule has 7 heteroatoms. The maximum atomic E-state index is 13.9. The number of halogens is 6. The van der Waals surface area contributed by atoms with E-state index < -0.39 is 12.4 Å². The van der Waals surface area contributed by atoms with E-state index in [4.69, 9.17) is 34.8 Å². The SMILES string of the molecule is Fc1cccc(OC(F)F)c1-c1ccc(Cl)c(Cl)c1Cl. The highest BCUT2D eigenvalue weighted by atomic mass is 35.5. The standard InChI is InChI=1S/C13H6Cl3F3O/c14-7-5-4-6(11(15)12(7)16)10-8(17)2-1-3-9(10)20-13(18)19/h1-5,13H. The molecule has 0 aliphatic carbocycles. The largest absolute Gasteiger partial charge is 0.434 e. The van der Waals surface area contributed by atoms with E-state index in [-0.39, 0.29) is 31.9 Å². The molecule has 0 amide bonds. The third kappa shape index (κ3) is 2.97. The van der Waals surface area contributed by atoms with Crippen LogP contribution in [0.15, 0.2) is 30.3 Å². The first-order valence-electron chi connectivity index (χ1n) is 5.29. The minimum Gasteiger partial charge on any atom is -0.434 e. The highest BCUT2D eigenvalue weighted by Crippen LogP contribution is 2.42. The summed E-state index contributed by atoms with van der Waals surface area (Å²) in [6.45, 7) is -3.09. The van der Waals surface area contributed by atoms with Gasteiger partial charge < -0.3 is 4.74 Å². The zero-order chi connectivity index (χ0) is 14.9. The Morgan fingerprint density at radius 1 is 0.950 bits per heavy atom. The van der Waals surface area contributed by atoms with Crippen molar-refractivity contribution in [3.63, 3.8) is 0 Å². The molecule has 0 radical (unpaired) electrons. The van der Waals surface area contributed by atoms with E-state index in [9.17, 15) is 13.2 Å². The number of alkyl halides is 2. The molecule has 20 heavy (non-hydrogen) atoms. The van der Waals surface area contributed by atoms with Crippen molar-refractivity contribution in [2.45, 2.75) is 6.61 Å². The second-order valence-corrected chi connectivity index (χ2v) is 4.88. The fourth-order valence-electron chi connectivity index (χ4n) is 1.68. The van der Waals surface area contributed by atoms with E-state index in [1.54, 1.807) is 0 Å². The van der Waals surface area contributed by atoms with E-state index >= 15 is 0 Å². The quantitative estimate of drug-likeness (QED) is 0.617. The molecule has 1 nitrogen and oxygen atoms in total. The number of benzene rings is 2. The molecule has 2 aromatic rings. The van der Waals surface area contributed by atoms with E-state index in [1.807, 2.05) is 0 Å². The molecule has 0 aliphatic rings. The van der Waals surface area contributed by atoms with Crippen LogP contribution in [0.3, 0.4) is 0 Å². The normalized spacial score (nSPS) is 10.9. The van der Waals surface area contributed by atoms with Crippen LogP contribution in [0.2, 0.25) is 15.1 Å². The van der Waals surface area contributed by atoms with Crippen LogP contribution in [-0.4, -0.2) is 6.61 Å². The highest BCUT2D eigenvalue weighted by molar-refractivity contribution is 6.49. The molecule has 0 N–H and O–H groups in total. The summed E-state index contributed by atoms with van der Waals surface area (Å²) in [4.78, 5) is 0. The molecule has 0 unspecified atom stereocenters. The van der Waals surface area contributed by atoms with Crippen LogP contribution in [0.4, 0.5) is 13.2 Å². The van der Waals surface area contributed by atoms with Crippen LogP contribution in [0.25, 0.3) is 11.1 Å². The van der Waals surface area contributed by atoms with Gasteiger partial charge in [0.2, 0.25) is 0 Å². The molecular formula is C13H6Cl3F3O. The summed E-state index contributed by atoms with van der Waals surface area (Å²) in [5.74, 6) is -1.09. The minimum atomic E-state index is -3.09. The van der Waals surface area contributed by atoms with Crippen molar-refractivity contribution in [2.75, 3.05) is 0 Å². The second-order valence-electron chi connectivity index (χ2n) is 3.71. The second kappa shape index (κ2) is 6.12. The first-order chi connectivity index (χ1) is 9.41. The number of rotatable bonds is 3. The van der Waals surface area contributed by atoms with Gasteiger partial charge in [0.15, 0.2) is 0 Å². The Morgan fingerprint density at radius 3 is 2.30 bits per heavy atom. The van der Waals surface area contributed by atoms with Gasteiger partial charge in [0, 0.05) is 5.56 Å². The van der Waals surface area contributed by atoms with Gasteiger partial charge in [-0.25, -0.2) is 4.39 Å². The average molecular weight is 342 g/mol. The van der Waals surface area contributed by atoms with Crippen LogP contribution in [0, 0.1) is 5.82 Å². The van der Waals surface area contributed by atoms with Gasteiger partial charge in [-0.3, -0.25) is 0 Å². The lowest BCUT2D eigenvalue weighted by Crippen LogP contribution is -2.04. The van der Waals surface area contributed by atoms with Crippen molar-refractivity contribution in [3.8, 4) is 16.9 Å². The van der Waals surface area contributed by atoms with Gasteiger partial charge in [0.1, 0.15) is 11.6 Å². The van der Waals surface area contributed by atoms with E-state index in [0.29, 0.717) is 0 Å². The Balaban J connectivity index is 2.66. The molecule has 0 saturated carbocycles. The van der Waals surface area contributed by atoms with E-state index in [2.05, 4.69) is 4.74 Å². The van der Waals surface area contributed by atoms with Crippen LogP contribution in [0.5, 0.6) is 5.75 Å². The zero-order valence-electron chi connectivity index (χ0n) is 9.64. The zero-order valence-corrected chi connectivity index (χ0v) is 11.9. The van der Waals surface area contributed by atoms with Gasteiger partial charge in [-0.2, -0.15) is 8.78 Å². The van der Waals surface area contributed by atoms with Gasteiger partial charge in [-0.05, 0) is 18.2 Å². The van der Waals surface area contributed by atoms with Crippen molar-refractivity contribution in [1.82, 2.24) is 0 Å². The van der Waals surface area contributed by atoms with Crippen molar-refractivity contribution < 1.29 is 17.9 Å². The summed E-state index contributed by atoms with van der Waals surface area (Å²) >= 11 is 17.6. The van der Waals surface area contributed by atoms with Crippen molar-refractivity contribution in [3.05, 3.63) is 51.2 Å². The molecule has 0 bridgehead atoms. The number of hydrogen-bond acceptors (Lipinski definition) is 1. The Morgan fingerprint density at radius 2 is 1.65 bits per heavy atom. The summed E-state index contributed by atoms with van der Waals surface area (Å²) in [5.41, 5.74) is -0.0776. The lowest BCUT2D eigenvalue weighted by molar-refractivity contribution is -0.0495. The fraction of sp³-hybridized carbons (Fsp3) is 0.0769. The van der Waals surface area contributed by atoms with Gasteiger partial charge in [0.25, 0.3) is 0 Å². The molecule has 0 fully saturated rings. The molecule has 0 spiro atoms. The van der Waals surface area contributed by atoms with Crippen molar-refractivity contribution in [2.24, 2.45) is 0 Å². The lowest BCUT2D eigenvalue weighted by atomic mass is 10.0. The number of ether oxygens (including phenoxy) is 1. The fourth-order valence-corrected chi connectivity index (χ4v) is 2.31. The van der Waals surface area contributed by atoms with Crippen molar-refractivity contribution in [1.29, 1.82) is 0 Å². The van der Waals surface area contributed by atoms with Gasteiger partial charge in [-0.1, -0.05) is 46.9 Å². The molecule has 0 aliphatic heterocycles. The molecular weight excluding hydrogens is 335 g/mol. The van der Waals surface area contributed by atoms with Gasteiger partial charge in [0.05, 0.1) is 20.6 Å². The van der Waals surface area contributed by atoms with Gasteiger partial charge >= 0.3 is 6.61 Å². The van der Waals surface area contributed by atoms with E-state index in [0.717, 1.165) is 6.07 Å². The lowest BCUT2D eigenvalue weighted by Gasteiger charge is -2.14. The topological polar surface area (TPSA) is 9.23 Å². The van der Waals surface area contributed by atoms with Crippen LogP contribution < -0.4 is 4.74 Å². The molecule has 0 aromatic heterocycles. The Bertz CT molecular complexity index is 647. The summed E-state index contributed by atoms with van der Waals surface area (Å²) in [6, 6.07) is 6.34. The maximum Gasteiger partial charge on any atom is 0.387 e. The maximum absolute atomic E-state index is 13.9. The Kier molecular flexibility index (Phi) is 4.68. The molecule has 0 atom stereocenters. The summed E-state index contributed by atoms with van der Waals surface area (Å²) in [6.07, 6.45) is 0. The Hall–Kier alpha value is -1.10. The molecule has 106 valence electrons. The summed E-state index contributed by atoms with van der Waals surface area (Å²) < 4.78 is 43.0. The first kappa shape index (κ1) is 15.3. The summed E-state index contributed by atoms with van der Waals surface area (Å²) in [5, 5.41) is 0.147. The molecule has 2 rings (SSSR count). The third-order valence-electron chi connectivity index (χ3n) is 2.50. The third-order valence-corrected chi connectivity index (χ3v) is 3.79. The minimum absolute atomic E-state index is 0.0112.